The summed E-state index contributed by atoms with van der Waals surface area (Å²) < 4.78 is 0. The highest BCUT2D eigenvalue weighted by atomic mass is 14.1. The third-order valence-corrected chi connectivity index (χ3v) is 3.30. The molecule has 82 valence electrons. The second kappa shape index (κ2) is 4.13. The first kappa shape index (κ1) is 10.9. The first-order chi connectivity index (χ1) is 7.67. The highest BCUT2D eigenvalue weighted by Gasteiger charge is 2.05. The minimum atomic E-state index is 1.09. The lowest BCUT2D eigenvalue weighted by atomic mass is 9.93. The molecule has 16 heavy (non-hydrogen) atoms. The molecule has 0 saturated carbocycles. The van der Waals surface area contributed by atoms with E-state index in [1.807, 2.05) is 6.08 Å². The third kappa shape index (κ3) is 1.65. The molecule has 0 fully saturated rings. The molecular weight excluding hydrogens is 192 g/mol. The van der Waals surface area contributed by atoms with E-state index in [4.69, 9.17) is 0 Å². The lowest BCUT2D eigenvalue weighted by Gasteiger charge is -2.11. The topological polar surface area (TPSA) is 0 Å². The largest absolute Gasteiger partial charge is 0.0985 e. The van der Waals surface area contributed by atoms with Crippen molar-refractivity contribution in [2.24, 2.45) is 0 Å². The van der Waals surface area contributed by atoms with E-state index in [1.54, 1.807) is 0 Å². The molecule has 0 bridgehead atoms. The van der Waals surface area contributed by atoms with Crippen molar-refractivity contribution in [3.05, 3.63) is 53.1 Å². The second-order valence-electron chi connectivity index (χ2n) is 4.35. The summed E-state index contributed by atoms with van der Waals surface area (Å²) in [6.07, 6.45) is 3.01. The van der Waals surface area contributed by atoms with Gasteiger partial charge in [-0.05, 0) is 59.4 Å². The number of aryl methyl sites for hydroxylation is 3. The van der Waals surface area contributed by atoms with Crippen LogP contribution in [0.4, 0.5) is 0 Å². The molecule has 0 spiro atoms. The summed E-state index contributed by atoms with van der Waals surface area (Å²) in [6, 6.07) is 8.90. The van der Waals surface area contributed by atoms with Crippen molar-refractivity contribution in [1.29, 1.82) is 0 Å². The molecule has 0 atom stereocenters. The van der Waals surface area contributed by atoms with Crippen molar-refractivity contribution >= 4 is 16.8 Å². The van der Waals surface area contributed by atoms with Gasteiger partial charge in [0.15, 0.2) is 0 Å². The number of rotatable bonds is 2. The van der Waals surface area contributed by atoms with E-state index in [2.05, 4.69) is 51.6 Å². The Kier molecular flexibility index (Phi) is 2.82. The van der Waals surface area contributed by atoms with Crippen LogP contribution >= 0.6 is 0 Å². The number of benzene rings is 2. The van der Waals surface area contributed by atoms with Crippen LogP contribution in [0, 0.1) is 13.8 Å². The van der Waals surface area contributed by atoms with Gasteiger partial charge < -0.3 is 0 Å². The summed E-state index contributed by atoms with van der Waals surface area (Å²) in [4.78, 5) is 0. The minimum Gasteiger partial charge on any atom is -0.0985 e. The standard InChI is InChI=1S/C16H18/c1-5-13-9-12(4)15-8-7-11(3)14(6-2)16(15)10-13/h5,7-10H,1,6H2,2-4H3. The van der Waals surface area contributed by atoms with E-state index in [0.29, 0.717) is 0 Å². The molecule has 2 rings (SSSR count). The van der Waals surface area contributed by atoms with Gasteiger partial charge in [-0.25, -0.2) is 0 Å². The molecule has 0 heterocycles. The fourth-order valence-corrected chi connectivity index (χ4v) is 2.41. The molecule has 0 heteroatoms. The average molecular weight is 210 g/mol. The molecule has 0 aliphatic rings. The lowest BCUT2D eigenvalue weighted by Crippen LogP contribution is -1.91. The van der Waals surface area contributed by atoms with Crippen molar-refractivity contribution in [3.8, 4) is 0 Å². The van der Waals surface area contributed by atoms with Crippen LogP contribution in [0.5, 0.6) is 0 Å². The molecular formula is C16H18. The third-order valence-electron chi connectivity index (χ3n) is 3.30. The highest BCUT2D eigenvalue weighted by Crippen LogP contribution is 2.27. The Bertz CT molecular complexity index is 547. The van der Waals surface area contributed by atoms with Gasteiger partial charge in [0, 0.05) is 0 Å². The van der Waals surface area contributed by atoms with Crippen LogP contribution in [0.3, 0.4) is 0 Å². The van der Waals surface area contributed by atoms with Crippen molar-refractivity contribution in [3.63, 3.8) is 0 Å². The Morgan fingerprint density at radius 1 is 1.06 bits per heavy atom. The molecule has 0 saturated heterocycles. The van der Waals surface area contributed by atoms with Crippen LogP contribution in [0.1, 0.15) is 29.2 Å². The van der Waals surface area contributed by atoms with Crippen LogP contribution in [-0.2, 0) is 6.42 Å². The summed E-state index contributed by atoms with van der Waals surface area (Å²) in [5.74, 6) is 0. The highest BCUT2D eigenvalue weighted by molar-refractivity contribution is 5.91. The van der Waals surface area contributed by atoms with Crippen molar-refractivity contribution in [1.82, 2.24) is 0 Å². The van der Waals surface area contributed by atoms with Gasteiger partial charge in [-0.15, -0.1) is 0 Å². The molecule has 0 radical (unpaired) electrons. The Hall–Kier alpha value is -1.56. The van der Waals surface area contributed by atoms with Gasteiger partial charge in [-0.3, -0.25) is 0 Å². The first-order valence-electron chi connectivity index (χ1n) is 5.82. The monoisotopic (exact) mass is 210 g/mol. The fraction of sp³-hybridized carbons (Fsp3) is 0.250. The van der Waals surface area contributed by atoms with Crippen LogP contribution < -0.4 is 0 Å². The summed E-state index contributed by atoms with van der Waals surface area (Å²) in [6.45, 7) is 10.4. The molecule has 0 unspecified atom stereocenters. The van der Waals surface area contributed by atoms with Gasteiger partial charge in [0.05, 0.1) is 0 Å². The van der Waals surface area contributed by atoms with Gasteiger partial charge in [-0.1, -0.05) is 37.8 Å². The maximum atomic E-state index is 3.86. The smallest absolute Gasteiger partial charge is 0.0141 e. The van der Waals surface area contributed by atoms with E-state index in [-0.39, 0.29) is 0 Å². The Morgan fingerprint density at radius 2 is 1.81 bits per heavy atom. The lowest BCUT2D eigenvalue weighted by molar-refractivity contribution is 1.13. The number of hydrogen-bond acceptors (Lipinski definition) is 0. The van der Waals surface area contributed by atoms with Crippen molar-refractivity contribution in [2.45, 2.75) is 27.2 Å². The van der Waals surface area contributed by atoms with Gasteiger partial charge in [0.25, 0.3) is 0 Å². The zero-order chi connectivity index (χ0) is 11.7. The summed E-state index contributed by atoms with van der Waals surface area (Å²) >= 11 is 0. The normalized spacial score (nSPS) is 10.7. The predicted molar refractivity (Wildman–Crippen MR) is 72.9 cm³/mol. The molecule has 0 N–H and O–H groups in total. The van der Waals surface area contributed by atoms with E-state index >= 15 is 0 Å². The summed E-state index contributed by atoms with van der Waals surface area (Å²) in [5.41, 5.74) is 5.40. The van der Waals surface area contributed by atoms with E-state index in [0.717, 1.165) is 6.42 Å². The number of fused-ring (bicyclic) bond motifs is 1. The van der Waals surface area contributed by atoms with Crippen molar-refractivity contribution in [2.75, 3.05) is 0 Å². The second-order valence-corrected chi connectivity index (χ2v) is 4.35. The summed E-state index contributed by atoms with van der Waals surface area (Å²) in [7, 11) is 0. The van der Waals surface area contributed by atoms with Gasteiger partial charge in [0.1, 0.15) is 0 Å². The van der Waals surface area contributed by atoms with E-state index in [9.17, 15) is 0 Å². The summed E-state index contributed by atoms with van der Waals surface area (Å²) in [5, 5.41) is 2.76. The molecule has 0 aromatic heterocycles. The predicted octanol–water partition coefficient (Wildman–Crippen LogP) is 4.66. The molecule has 0 aliphatic heterocycles. The zero-order valence-electron chi connectivity index (χ0n) is 10.3. The van der Waals surface area contributed by atoms with Crippen LogP contribution in [0.25, 0.3) is 16.8 Å². The van der Waals surface area contributed by atoms with Gasteiger partial charge in [-0.2, -0.15) is 0 Å². The SMILES string of the molecule is C=Cc1cc(C)c2ccc(C)c(CC)c2c1. The Balaban J connectivity index is 2.90. The van der Waals surface area contributed by atoms with Crippen LogP contribution in [0.15, 0.2) is 30.8 Å². The maximum Gasteiger partial charge on any atom is -0.0141 e. The Labute approximate surface area is 97.6 Å². The fourth-order valence-electron chi connectivity index (χ4n) is 2.41. The van der Waals surface area contributed by atoms with E-state index < -0.39 is 0 Å². The quantitative estimate of drug-likeness (QED) is 0.676. The van der Waals surface area contributed by atoms with Crippen LogP contribution in [-0.4, -0.2) is 0 Å². The van der Waals surface area contributed by atoms with E-state index in [1.165, 1.54) is 33.0 Å². The molecule has 2 aromatic carbocycles. The van der Waals surface area contributed by atoms with Crippen LogP contribution in [0.2, 0.25) is 0 Å². The van der Waals surface area contributed by atoms with Gasteiger partial charge >= 0.3 is 0 Å². The Morgan fingerprint density at radius 3 is 2.44 bits per heavy atom. The molecule has 0 amide bonds. The molecule has 0 nitrogen and oxygen atoms in total. The molecule has 0 aliphatic carbocycles. The minimum absolute atomic E-state index is 1.09. The maximum absolute atomic E-state index is 3.86. The number of hydrogen-bond donors (Lipinski definition) is 0. The molecule has 2 aromatic rings. The average Bonchev–Trinajstić information content (AvgIpc) is 2.28. The van der Waals surface area contributed by atoms with Crippen molar-refractivity contribution < 1.29 is 0 Å². The zero-order valence-corrected chi connectivity index (χ0v) is 10.3. The van der Waals surface area contributed by atoms with Gasteiger partial charge in [0.2, 0.25) is 0 Å². The first-order valence-corrected chi connectivity index (χ1v) is 5.82.